The van der Waals surface area contributed by atoms with E-state index in [0.29, 0.717) is 28.8 Å². The standard InChI is InChI=1S/C24H21FN6O3/c25-14-8-9-16-19(11-14)30(13-26-16)23-27-17(12-32)21-22(29-23)31(24(33)28-21)18-6-3-4-10-34-20-7-2-1-5-15(18)20/h1-2,5,7-9,11,13,18,32H,3-4,6,10,12H2,(H,28,33). The number of aromatic amines is 1. The van der Waals surface area contributed by atoms with Crippen molar-refractivity contribution < 1.29 is 14.2 Å². The number of nitrogens with zero attached hydrogens (tertiary/aromatic N) is 5. The number of hydrogen-bond donors (Lipinski definition) is 2. The van der Waals surface area contributed by atoms with Gasteiger partial charge in [0, 0.05) is 11.6 Å². The Hall–Kier alpha value is -4.05. The molecule has 1 aliphatic heterocycles. The summed E-state index contributed by atoms with van der Waals surface area (Å²) >= 11 is 0. The molecule has 5 aromatic rings. The molecule has 1 atom stereocenters. The van der Waals surface area contributed by atoms with Crippen molar-refractivity contribution in [3.05, 3.63) is 76.4 Å². The fourth-order valence-corrected chi connectivity index (χ4v) is 4.63. The van der Waals surface area contributed by atoms with Crippen LogP contribution in [-0.4, -0.2) is 40.8 Å². The van der Waals surface area contributed by atoms with Crippen LogP contribution in [0, 0.1) is 5.82 Å². The van der Waals surface area contributed by atoms with Gasteiger partial charge in [0.2, 0.25) is 5.95 Å². The highest BCUT2D eigenvalue weighted by molar-refractivity contribution is 5.78. The molecule has 0 saturated heterocycles. The van der Waals surface area contributed by atoms with E-state index >= 15 is 0 Å². The Morgan fingerprint density at radius 1 is 1.18 bits per heavy atom. The van der Waals surface area contributed by atoms with Crippen LogP contribution in [0.4, 0.5) is 4.39 Å². The van der Waals surface area contributed by atoms with Gasteiger partial charge in [0.15, 0.2) is 5.65 Å². The van der Waals surface area contributed by atoms with Gasteiger partial charge in [-0.2, -0.15) is 4.98 Å². The summed E-state index contributed by atoms with van der Waals surface area (Å²) in [5.41, 5.74) is 2.60. The van der Waals surface area contributed by atoms with Crippen LogP contribution in [0.1, 0.15) is 36.6 Å². The van der Waals surface area contributed by atoms with Gasteiger partial charge >= 0.3 is 5.69 Å². The largest absolute Gasteiger partial charge is 0.493 e. The fraction of sp³-hybridized carbons (Fsp3) is 0.250. The van der Waals surface area contributed by atoms with Crippen molar-refractivity contribution in [1.29, 1.82) is 0 Å². The van der Waals surface area contributed by atoms with Crippen molar-refractivity contribution in [3.8, 4) is 11.7 Å². The second-order valence-electron chi connectivity index (χ2n) is 8.27. The Labute approximate surface area is 192 Å². The first kappa shape index (κ1) is 20.5. The van der Waals surface area contributed by atoms with E-state index in [4.69, 9.17) is 9.72 Å². The van der Waals surface area contributed by atoms with Crippen molar-refractivity contribution in [2.45, 2.75) is 31.9 Å². The number of rotatable bonds is 3. The van der Waals surface area contributed by atoms with Crippen LogP contribution in [0.25, 0.3) is 28.1 Å². The highest BCUT2D eigenvalue weighted by Gasteiger charge is 2.26. The molecule has 0 radical (unpaired) electrons. The van der Waals surface area contributed by atoms with Crippen molar-refractivity contribution in [3.63, 3.8) is 0 Å². The lowest BCUT2D eigenvalue weighted by Crippen LogP contribution is -2.25. The molecule has 2 aromatic carbocycles. The van der Waals surface area contributed by atoms with E-state index in [2.05, 4.69) is 15.0 Å². The number of fused-ring (bicyclic) bond motifs is 3. The van der Waals surface area contributed by atoms with E-state index in [1.165, 1.54) is 18.5 Å². The highest BCUT2D eigenvalue weighted by Crippen LogP contribution is 2.34. The number of aliphatic hydroxyl groups excluding tert-OH is 1. The number of halogens is 1. The molecule has 0 saturated carbocycles. The van der Waals surface area contributed by atoms with E-state index in [9.17, 15) is 14.3 Å². The maximum absolute atomic E-state index is 13.9. The average Bonchev–Trinajstić information content (AvgIpc) is 3.39. The van der Waals surface area contributed by atoms with Crippen LogP contribution >= 0.6 is 0 Å². The van der Waals surface area contributed by atoms with Gasteiger partial charge in [0.05, 0.1) is 36.0 Å². The third-order valence-corrected chi connectivity index (χ3v) is 6.23. The summed E-state index contributed by atoms with van der Waals surface area (Å²) in [5.74, 6) is 0.511. The summed E-state index contributed by atoms with van der Waals surface area (Å²) in [7, 11) is 0. The number of hydrogen-bond acceptors (Lipinski definition) is 6. The minimum absolute atomic E-state index is 0.188. The van der Waals surface area contributed by atoms with Gasteiger partial charge in [0.1, 0.15) is 23.4 Å². The molecule has 0 amide bonds. The Bertz CT molecular complexity index is 1590. The van der Waals surface area contributed by atoms with Crippen LogP contribution in [0.15, 0.2) is 53.6 Å². The van der Waals surface area contributed by atoms with Crippen LogP contribution in [0.5, 0.6) is 5.75 Å². The number of aliphatic hydroxyl groups is 1. The minimum Gasteiger partial charge on any atom is -0.493 e. The summed E-state index contributed by atoms with van der Waals surface area (Å²) in [5, 5.41) is 10.0. The van der Waals surface area contributed by atoms with E-state index in [1.807, 2.05) is 24.3 Å². The van der Waals surface area contributed by atoms with Gasteiger partial charge in [-0.15, -0.1) is 0 Å². The van der Waals surface area contributed by atoms with Crippen LogP contribution < -0.4 is 10.4 Å². The lowest BCUT2D eigenvalue weighted by Gasteiger charge is -2.24. The zero-order valence-electron chi connectivity index (χ0n) is 18.1. The molecule has 0 fully saturated rings. The van der Waals surface area contributed by atoms with Crippen LogP contribution in [0.3, 0.4) is 0 Å². The molecular weight excluding hydrogens is 439 g/mol. The maximum Gasteiger partial charge on any atom is 0.328 e. The summed E-state index contributed by atoms with van der Waals surface area (Å²) in [6.45, 7) is 0.217. The molecule has 2 N–H and O–H groups in total. The number of benzene rings is 2. The molecular formula is C24H21FN6O3. The van der Waals surface area contributed by atoms with E-state index < -0.39 is 12.4 Å². The Kier molecular flexibility index (Phi) is 4.88. The number of H-pyrrole nitrogens is 1. The number of nitrogens with one attached hydrogen (secondary N) is 1. The topological polar surface area (TPSA) is 111 Å². The summed E-state index contributed by atoms with van der Waals surface area (Å²) in [6.07, 6.45) is 3.96. The molecule has 1 unspecified atom stereocenters. The summed E-state index contributed by atoms with van der Waals surface area (Å²) < 4.78 is 23.0. The molecule has 9 nitrogen and oxygen atoms in total. The van der Waals surface area contributed by atoms with Gasteiger partial charge in [-0.1, -0.05) is 18.2 Å². The Morgan fingerprint density at radius 3 is 2.94 bits per heavy atom. The van der Waals surface area contributed by atoms with E-state index in [0.717, 1.165) is 30.6 Å². The minimum atomic E-state index is -0.414. The third-order valence-electron chi connectivity index (χ3n) is 6.23. The Morgan fingerprint density at radius 2 is 2.06 bits per heavy atom. The molecule has 172 valence electrons. The molecule has 0 aliphatic carbocycles. The first-order valence-electron chi connectivity index (χ1n) is 11.1. The Balaban J connectivity index is 1.60. The van der Waals surface area contributed by atoms with Crippen molar-refractivity contribution in [1.82, 2.24) is 29.1 Å². The SMILES string of the molecule is O=c1[nH]c2c(CO)nc(-n3cnc4ccc(F)cc43)nc2n1C1CCCCOc2ccccc21. The van der Waals surface area contributed by atoms with E-state index in [-0.39, 0.29) is 23.4 Å². The monoisotopic (exact) mass is 460 g/mol. The first-order chi connectivity index (χ1) is 16.6. The molecule has 0 bridgehead atoms. The first-order valence-corrected chi connectivity index (χ1v) is 11.1. The molecule has 4 heterocycles. The van der Waals surface area contributed by atoms with Gasteiger partial charge in [-0.05, 0) is 37.5 Å². The fourth-order valence-electron chi connectivity index (χ4n) is 4.63. The lowest BCUT2D eigenvalue weighted by atomic mass is 9.98. The molecule has 3 aromatic heterocycles. The predicted molar refractivity (Wildman–Crippen MR) is 123 cm³/mol. The van der Waals surface area contributed by atoms with Gasteiger partial charge < -0.3 is 14.8 Å². The molecule has 0 spiro atoms. The van der Waals surface area contributed by atoms with Crippen molar-refractivity contribution in [2.24, 2.45) is 0 Å². The number of aromatic nitrogens is 6. The highest BCUT2D eigenvalue weighted by atomic mass is 19.1. The number of imidazole rings is 2. The quantitative estimate of drug-likeness (QED) is 0.428. The van der Waals surface area contributed by atoms with Gasteiger partial charge in [0.25, 0.3) is 0 Å². The van der Waals surface area contributed by atoms with Crippen molar-refractivity contribution in [2.75, 3.05) is 6.61 Å². The van der Waals surface area contributed by atoms with Crippen molar-refractivity contribution >= 4 is 22.2 Å². The second-order valence-corrected chi connectivity index (χ2v) is 8.27. The zero-order chi connectivity index (χ0) is 23.2. The number of ether oxygens (including phenoxy) is 1. The zero-order valence-corrected chi connectivity index (χ0v) is 18.1. The predicted octanol–water partition coefficient (Wildman–Crippen LogP) is 3.24. The van der Waals surface area contributed by atoms with E-state index in [1.54, 1.807) is 15.2 Å². The van der Waals surface area contributed by atoms with Crippen LogP contribution in [-0.2, 0) is 6.61 Å². The molecule has 1 aliphatic rings. The summed E-state index contributed by atoms with van der Waals surface area (Å²) in [6, 6.07) is 11.6. The molecule has 10 heteroatoms. The molecule has 34 heavy (non-hydrogen) atoms. The smallest absolute Gasteiger partial charge is 0.328 e. The van der Waals surface area contributed by atoms with Gasteiger partial charge in [-0.3, -0.25) is 9.13 Å². The number of para-hydroxylation sites is 1. The second kappa shape index (κ2) is 8.07. The average molecular weight is 460 g/mol. The summed E-state index contributed by atoms with van der Waals surface area (Å²) in [4.78, 5) is 29.5. The van der Waals surface area contributed by atoms with Gasteiger partial charge in [-0.25, -0.2) is 19.2 Å². The maximum atomic E-state index is 13.9. The normalized spacial score (nSPS) is 16.2. The third kappa shape index (κ3) is 3.26. The van der Waals surface area contributed by atoms with Crippen LogP contribution in [0.2, 0.25) is 0 Å². The lowest BCUT2D eigenvalue weighted by molar-refractivity contribution is 0.278. The molecule has 6 rings (SSSR count).